The number of carbonyl (C=O) groups is 1. The summed E-state index contributed by atoms with van der Waals surface area (Å²) in [7, 11) is -2.28. The average Bonchev–Trinajstić information content (AvgIpc) is 2.94. The molecule has 0 aromatic heterocycles. The first-order chi connectivity index (χ1) is 18.1. The van der Waals surface area contributed by atoms with E-state index >= 15 is 0 Å². The minimum Gasteiger partial charge on any atom is -0.394 e. The Kier molecular flexibility index (Phi) is 8.90. The fourth-order valence-electron chi connectivity index (χ4n) is 4.69. The van der Waals surface area contributed by atoms with Gasteiger partial charge in [-0.15, -0.1) is 0 Å². The van der Waals surface area contributed by atoms with Gasteiger partial charge in [0.1, 0.15) is 0 Å². The second-order valence-corrected chi connectivity index (χ2v) is 12.2. The topological polar surface area (TPSA) is 87.2 Å². The Bertz CT molecular complexity index is 1380. The van der Waals surface area contributed by atoms with E-state index in [4.69, 9.17) is 16.3 Å². The van der Waals surface area contributed by atoms with Crippen LogP contribution >= 0.6 is 11.6 Å². The van der Waals surface area contributed by atoms with Crippen LogP contribution in [0.1, 0.15) is 29.8 Å². The minimum absolute atomic E-state index is 0.0801. The number of likely N-dealkylation sites (N-methyl/N-ethyl adjacent to an activating group) is 1. The Labute approximate surface area is 229 Å². The molecule has 0 saturated heterocycles. The van der Waals surface area contributed by atoms with Crippen molar-refractivity contribution in [1.29, 1.82) is 0 Å². The highest BCUT2D eigenvalue weighted by Crippen LogP contribution is 2.31. The Morgan fingerprint density at radius 3 is 2.29 bits per heavy atom. The van der Waals surface area contributed by atoms with Crippen molar-refractivity contribution in [1.82, 2.24) is 9.21 Å². The summed E-state index contributed by atoms with van der Waals surface area (Å²) in [6.07, 6.45) is -0.530. The standard InChI is InChI=1S/C29H33ClN2O5S/c1-20-16-32(21(2)18-33)29(34)27-11-7-6-10-26(27)25-9-5-4-8-22(25)19-37-28(20)17-31(3)38(35,36)24-14-12-23(30)13-15-24/h4-15,20-21,28,33H,16-19H2,1-3H3/t20-,21+,28+/m1/s1. The number of sulfonamides is 1. The number of rotatable bonds is 6. The number of aliphatic hydroxyl groups excluding tert-OH is 1. The molecule has 9 heteroatoms. The summed E-state index contributed by atoms with van der Waals surface area (Å²) in [6, 6.07) is 20.8. The third-order valence-corrected chi connectivity index (χ3v) is 9.14. The molecule has 7 nitrogen and oxygen atoms in total. The Hall–Kier alpha value is -2.75. The number of halogens is 1. The summed E-state index contributed by atoms with van der Waals surface area (Å²) in [5.41, 5.74) is 3.12. The lowest BCUT2D eigenvalue weighted by Gasteiger charge is -2.35. The van der Waals surface area contributed by atoms with E-state index in [9.17, 15) is 18.3 Å². The molecule has 202 valence electrons. The van der Waals surface area contributed by atoms with Gasteiger partial charge in [0.05, 0.1) is 30.3 Å². The predicted molar refractivity (Wildman–Crippen MR) is 148 cm³/mol. The molecule has 4 rings (SSSR count). The normalized spacial score (nSPS) is 19.4. The van der Waals surface area contributed by atoms with Gasteiger partial charge in [0, 0.05) is 36.6 Å². The lowest BCUT2D eigenvalue weighted by atomic mass is 9.94. The summed E-state index contributed by atoms with van der Waals surface area (Å²) in [5, 5.41) is 10.4. The van der Waals surface area contributed by atoms with Crippen molar-refractivity contribution < 1.29 is 23.1 Å². The molecular weight excluding hydrogens is 524 g/mol. The number of hydrogen-bond donors (Lipinski definition) is 1. The van der Waals surface area contributed by atoms with Crippen LogP contribution in [-0.2, 0) is 21.4 Å². The van der Waals surface area contributed by atoms with E-state index in [-0.39, 0.29) is 43.0 Å². The molecule has 3 aromatic carbocycles. The molecule has 0 unspecified atom stereocenters. The van der Waals surface area contributed by atoms with Crippen LogP contribution < -0.4 is 0 Å². The molecule has 1 aliphatic rings. The molecule has 3 atom stereocenters. The second-order valence-electron chi connectivity index (χ2n) is 9.76. The van der Waals surface area contributed by atoms with E-state index in [1.807, 2.05) is 49.4 Å². The third-order valence-electron chi connectivity index (χ3n) is 7.05. The van der Waals surface area contributed by atoms with Crippen LogP contribution in [0.4, 0.5) is 0 Å². The average molecular weight is 557 g/mol. The molecule has 0 fully saturated rings. The van der Waals surface area contributed by atoms with Crippen molar-refractivity contribution in [2.24, 2.45) is 5.92 Å². The lowest BCUT2D eigenvalue weighted by molar-refractivity contribution is -0.0146. The van der Waals surface area contributed by atoms with Gasteiger partial charge in [0.15, 0.2) is 0 Å². The Balaban J connectivity index is 1.73. The van der Waals surface area contributed by atoms with Gasteiger partial charge in [-0.3, -0.25) is 4.79 Å². The largest absolute Gasteiger partial charge is 0.394 e. The van der Waals surface area contributed by atoms with E-state index in [2.05, 4.69) is 0 Å². The van der Waals surface area contributed by atoms with Gasteiger partial charge in [-0.05, 0) is 53.9 Å². The van der Waals surface area contributed by atoms with Gasteiger partial charge in [-0.2, -0.15) is 4.31 Å². The molecule has 0 radical (unpaired) electrons. The van der Waals surface area contributed by atoms with E-state index < -0.39 is 22.2 Å². The zero-order chi connectivity index (χ0) is 27.4. The third kappa shape index (κ3) is 5.95. The first kappa shape index (κ1) is 28.3. The van der Waals surface area contributed by atoms with Crippen molar-refractivity contribution in [3.05, 3.63) is 88.9 Å². The number of benzene rings is 3. The van der Waals surface area contributed by atoms with Crippen molar-refractivity contribution >= 4 is 27.5 Å². The van der Waals surface area contributed by atoms with E-state index in [0.717, 1.165) is 16.7 Å². The molecule has 1 amide bonds. The molecule has 3 aromatic rings. The quantitative estimate of drug-likeness (QED) is 0.476. The van der Waals surface area contributed by atoms with Crippen LogP contribution in [0.5, 0.6) is 0 Å². The van der Waals surface area contributed by atoms with E-state index in [1.54, 1.807) is 30.0 Å². The van der Waals surface area contributed by atoms with Gasteiger partial charge >= 0.3 is 0 Å². The second kappa shape index (κ2) is 12.0. The summed E-state index contributed by atoms with van der Waals surface area (Å²) in [4.78, 5) is 15.7. The molecular formula is C29H33ClN2O5S. The van der Waals surface area contributed by atoms with Crippen molar-refractivity contribution in [2.75, 3.05) is 26.7 Å². The number of fused-ring (bicyclic) bond motifs is 3. The number of carbonyl (C=O) groups excluding carboxylic acids is 1. The maximum atomic E-state index is 13.9. The van der Waals surface area contributed by atoms with Crippen LogP contribution in [0, 0.1) is 5.92 Å². The number of ether oxygens (including phenoxy) is 1. The number of nitrogens with zero attached hydrogens (tertiary/aromatic N) is 2. The first-order valence-corrected chi connectivity index (χ1v) is 14.4. The van der Waals surface area contributed by atoms with Crippen LogP contribution in [0.2, 0.25) is 5.02 Å². The van der Waals surface area contributed by atoms with E-state index in [0.29, 0.717) is 10.6 Å². The molecule has 1 aliphatic heterocycles. The zero-order valence-electron chi connectivity index (χ0n) is 21.7. The van der Waals surface area contributed by atoms with Crippen molar-refractivity contribution in [2.45, 2.75) is 37.5 Å². The van der Waals surface area contributed by atoms with Crippen molar-refractivity contribution in [3.8, 4) is 11.1 Å². The summed E-state index contributed by atoms with van der Waals surface area (Å²) in [5.74, 6) is -0.431. The van der Waals surface area contributed by atoms with Gasteiger partial charge in [-0.1, -0.05) is 61.0 Å². The minimum atomic E-state index is -3.80. The van der Waals surface area contributed by atoms with Gasteiger partial charge in [0.25, 0.3) is 5.91 Å². The summed E-state index contributed by atoms with van der Waals surface area (Å²) in [6.45, 7) is 4.15. The Morgan fingerprint density at radius 2 is 1.63 bits per heavy atom. The molecule has 38 heavy (non-hydrogen) atoms. The molecule has 1 heterocycles. The number of aliphatic hydroxyl groups is 1. The van der Waals surface area contributed by atoms with Crippen LogP contribution in [-0.4, -0.2) is 67.5 Å². The van der Waals surface area contributed by atoms with Crippen LogP contribution in [0.15, 0.2) is 77.7 Å². The van der Waals surface area contributed by atoms with Crippen molar-refractivity contribution in [3.63, 3.8) is 0 Å². The highest BCUT2D eigenvalue weighted by Gasteiger charge is 2.32. The highest BCUT2D eigenvalue weighted by molar-refractivity contribution is 7.89. The number of hydrogen-bond acceptors (Lipinski definition) is 5. The molecule has 0 saturated carbocycles. The molecule has 0 bridgehead atoms. The molecule has 0 aliphatic carbocycles. The van der Waals surface area contributed by atoms with Crippen LogP contribution in [0.25, 0.3) is 11.1 Å². The monoisotopic (exact) mass is 556 g/mol. The molecule has 0 spiro atoms. The maximum Gasteiger partial charge on any atom is 0.254 e. The van der Waals surface area contributed by atoms with E-state index in [1.165, 1.54) is 23.5 Å². The fraction of sp³-hybridized carbons (Fsp3) is 0.345. The predicted octanol–water partition coefficient (Wildman–Crippen LogP) is 4.69. The van der Waals surface area contributed by atoms with Gasteiger partial charge < -0.3 is 14.7 Å². The first-order valence-electron chi connectivity index (χ1n) is 12.6. The molecule has 1 N–H and O–H groups in total. The summed E-state index contributed by atoms with van der Waals surface area (Å²) >= 11 is 5.95. The van der Waals surface area contributed by atoms with Gasteiger partial charge in [0.2, 0.25) is 10.0 Å². The maximum absolute atomic E-state index is 13.9. The van der Waals surface area contributed by atoms with Gasteiger partial charge in [-0.25, -0.2) is 8.42 Å². The lowest BCUT2D eigenvalue weighted by Crippen LogP contribution is -2.47. The fourth-order valence-corrected chi connectivity index (χ4v) is 6.00. The SMILES string of the molecule is C[C@@H]1CN([C@@H](C)CO)C(=O)c2ccccc2-c2ccccc2CO[C@H]1CN(C)S(=O)(=O)c1ccc(Cl)cc1. The zero-order valence-corrected chi connectivity index (χ0v) is 23.3. The van der Waals surface area contributed by atoms with Crippen LogP contribution in [0.3, 0.4) is 0 Å². The highest BCUT2D eigenvalue weighted by atomic mass is 35.5. The summed E-state index contributed by atoms with van der Waals surface area (Å²) < 4.78 is 34.3. The Morgan fingerprint density at radius 1 is 1.03 bits per heavy atom. The smallest absolute Gasteiger partial charge is 0.254 e. The number of amides is 1.